The molecule has 1 heterocycles. The van der Waals surface area contributed by atoms with E-state index in [4.69, 9.17) is 16.3 Å². The first-order valence-electron chi connectivity index (χ1n) is 12.7. The van der Waals surface area contributed by atoms with Gasteiger partial charge in [0.2, 0.25) is 15.9 Å². The summed E-state index contributed by atoms with van der Waals surface area (Å²) in [4.78, 5) is 16.8. The number of sulfonamides is 1. The number of benzene rings is 3. The molecular weight excluding hydrogens is 567 g/mol. The number of amides is 1. The van der Waals surface area contributed by atoms with Crippen molar-refractivity contribution in [2.75, 3.05) is 37.7 Å². The molecule has 214 valence electrons. The van der Waals surface area contributed by atoms with Gasteiger partial charge in [-0.15, -0.1) is 0 Å². The van der Waals surface area contributed by atoms with Crippen LogP contribution in [0.25, 0.3) is 0 Å². The van der Waals surface area contributed by atoms with Crippen LogP contribution in [0.4, 0.5) is 18.9 Å². The standard InChI is InChI=1S/C28H29ClF3N3O4S/c1-2-39-26-12-11-23(19-24(26)29)40(37,38)33-25(17-20-7-4-3-5-8-20)27(36)35-15-13-34(14-16-35)22-10-6-9-21(18-22)28(30,31)32/h3-12,18-19,25,33H,2,13-17H2,1H3/t25-/m1/s1. The van der Waals surface area contributed by atoms with Gasteiger partial charge in [0.05, 0.1) is 22.1 Å². The number of rotatable bonds is 9. The largest absolute Gasteiger partial charge is 0.492 e. The molecule has 40 heavy (non-hydrogen) atoms. The van der Waals surface area contributed by atoms with Crippen LogP contribution in [0.15, 0.2) is 77.7 Å². The molecule has 1 aliphatic rings. The van der Waals surface area contributed by atoms with Crippen molar-refractivity contribution in [1.82, 2.24) is 9.62 Å². The molecule has 0 radical (unpaired) electrons. The molecule has 7 nitrogen and oxygen atoms in total. The summed E-state index contributed by atoms with van der Waals surface area (Å²) in [6, 6.07) is 17.0. The minimum absolute atomic E-state index is 0.109. The van der Waals surface area contributed by atoms with Crippen LogP contribution in [-0.4, -0.2) is 58.1 Å². The van der Waals surface area contributed by atoms with Crippen LogP contribution in [-0.2, 0) is 27.4 Å². The summed E-state index contributed by atoms with van der Waals surface area (Å²) >= 11 is 6.20. The van der Waals surface area contributed by atoms with Crippen molar-refractivity contribution in [2.24, 2.45) is 0 Å². The van der Waals surface area contributed by atoms with E-state index < -0.39 is 33.7 Å². The van der Waals surface area contributed by atoms with Gasteiger partial charge in [0.15, 0.2) is 0 Å². The van der Waals surface area contributed by atoms with Crippen LogP contribution in [0.2, 0.25) is 5.02 Å². The number of carbonyl (C=O) groups is 1. The molecule has 0 bridgehead atoms. The minimum Gasteiger partial charge on any atom is -0.492 e. The van der Waals surface area contributed by atoms with E-state index in [2.05, 4.69) is 4.72 Å². The van der Waals surface area contributed by atoms with Gasteiger partial charge in [-0.2, -0.15) is 17.9 Å². The van der Waals surface area contributed by atoms with E-state index in [1.807, 2.05) is 6.07 Å². The molecular formula is C28H29ClF3N3O4S. The number of anilines is 1. The maximum Gasteiger partial charge on any atom is 0.416 e. The van der Waals surface area contributed by atoms with Crippen LogP contribution < -0.4 is 14.4 Å². The molecule has 0 aromatic heterocycles. The number of nitrogens with zero attached hydrogens (tertiary/aromatic N) is 2. The summed E-state index contributed by atoms with van der Waals surface area (Å²) in [5.41, 5.74) is 0.432. The van der Waals surface area contributed by atoms with Crippen molar-refractivity contribution in [3.05, 3.63) is 88.9 Å². The fourth-order valence-electron chi connectivity index (χ4n) is 4.49. The number of nitrogens with one attached hydrogen (secondary N) is 1. The number of halogens is 4. The van der Waals surface area contributed by atoms with Crippen LogP contribution >= 0.6 is 11.6 Å². The van der Waals surface area contributed by atoms with Crippen molar-refractivity contribution < 1.29 is 31.1 Å². The van der Waals surface area contributed by atoms with E-state index in [0.29, 0.717) is 31.1 Å². The first-order valence-corrected chi connectivity index (χ1v) is 14.5. The number of piperazine rings is 1. The highest BCUT2D eigenvalue weighted by molar-refractivity contribution is 7.89. The zero-order chi connectivity index (χ0) is 28.9. The summed E-state index contributed by atoms with van der Waals surface area (Å²) in [5, 5.41) is 0.126. The normalized spacial score (nSPS) is 15.1. The van der Waals surface area contributed by atoms with Gasteiger partial charge in [-0.25, -0.2) is 8.42 Å². The van der Waals surface area contributed by atoms with Crippen molar-refractivity contribution in [3.63, 3.8) is 0 Å². The lowest BCUT2D eigenvalue weighted by Crippen LogP contribution is -2.55. The smallest absolute Gasteiger partial charge is 0.416 e. The van der Waals surface area contributed by atoms with Crippen LogP contribution in [0, 0.1) is 0 Å². The zero-order valence-electron chi connectivity index (χ0n) is 21.7. The average molecular weight is 596 g/mol. The Morgan fingerprint density at radius 1 is 1.00 bits per heavy atom. The Balaban J connectivity index is 1.51. The SMILES string of the molecule is CCOc1ccc(S(=O)(=O)N[C@H](Cc2ccccc2)C(=O)N2CCN(c3cccc(C(F)(F)F)c3)CC2)cc1Cl. The molecule has 4 rings (SSSR count). The Bertz CT molecular complexity index is 1430. The molecule has 1 aliphatic heterocycles. The quantitative estimate of drug-likeness (QED) is 0.377. The molecule has 1 N–H and O–H groups in total. The summed E-state index contributed by atoms with van der Waals surface area (Å²) < 4.78 is 74.0. The van der Waals surface area contributed by atoms with Gasteiger partial charge in [0.1, 0.15) is 11.8 Å². The fourth-order valence-corrected chi connectivity index (χ4v) is 6.00. The molecule has 0 spiro atoms. The van der Waals surface area contributed by atoms with E-state index in [9.17, 15) is 26.4 Å². The second-order valence-corrected chi connectivity index (χ2v) is 11.4. The van der Waals surface area contributed by atoms with Gasteiger partial charge in [0.25, 0.3) is 0 Å². The predicted octanol–water partition coefficient (Wildman–Crippen LogP) is 5.00. The highest BCUT2D eigenvalue weighted by Gasteiger charge is 2.33. The Labute approximate surface area is 236 Å². The van der Waals surface area contributed by atoms with Crippen molar-refractivity contribution in [2.45, 2.75) is 30.5 Å². The lowest BCUT2D eigenvalue weighted by Gasteiger charge is -2.38. The third-order valence-corrected chi connectivity index (χ3v) is 8.29. The van der Waals surface area contributed by atoms with Gasteiger partial charge >= 0.3 is 6.18 Å². The Morgan fingerprint density at radius 2 is 1.70 bits per heavy atom. The molecule has 3 aromatic carbocycles. The lowest BCUT2D eigenvalue weighted by atomic mass is 10.1. The number of ether oxygens (including phenoxy) is 1. The van der Waals surface area contributed by atoms with E-state index >= 15 is 0 Å². The number of alkyl halides is 3. The molecule has 0 saturated carbocycles. The van der Waals surface area contributed by atoms with Crippen molar-refractivity contribution in [1.29, 1.82) is 0 Å². The van der Waals surface area contributed by atoms with Crippen LogP contribution in [0.1, 0.15) is 18.1 Å². The Hall–Kier alpha value is -3.28. The van der Waals surface area contributed by atoms with E-state index in [1.165, 1.54) is 29.2 Å². The number of hydrogen-bond acceptors (Lipinski definition) is 5. The van der Waals surface area contributed by atoms with Gasteiger partial charge in [0, 0.05) is 31.9 Å². The van der Waals surface area contributed by atoms with Crippen LogP contribution in [0.3, 0.4) is 0 Å². The van der Waals surface area contributed by atoms with Gasteiger partial charge in [-0.05, 0) is 55.3 Å². The van der Waals surface area contributed by atoms with Gasteiger partial charge < -0.3 is 14.5 Å². The molecule has 0 aliphatic carbocycles. The summed E-state index contributed by atoms with van der Waals surface area (Å²) in [6.07, 6.45) is -4.35. The first-order chi connectivity index (χ1) is 19.0. The molecule has 1 atom stereocenters. The molecule has 12 heteroatoms. The third kappa shape index (κ3) is 7.26. The van der Waals surface area contributed by atoms with Crippen molar-refractivity contribution in [3.8, 4) is 5.75 Å². The molecule has 1 saturated heterocycles. The van der Waals surface area contributed by atoms with E-state index in [1.54, 1.807) is 42.2 Å². The van der Waals surface area contributed by atoms with E-state index in [-0.39, 0.29) is 29.4 Å². The predicted molar refractivity (Wildman–Crippen MR) is 147 cm³/mol. The highest BCUT2D eigenvalue weighted by atomic mass is 35.5. The topological polar surface area (TPSA) is 78.9 Å². The minimum atomic E-state index is -4.46. The maximum atomic E-state index is 13.6. The van der Waals surface area contributed by atoms with Gasteiger partial charge in [-0.3, -0.25) is 4.79 Å². The highest BCUT2D eigenvalue weighted by Crippen LogP contribution is 2.32. The second kappa shape index (κ2) is 12.5. The fraction of sp³-hybridized carbons (Fsp3) is 0.321. The average Bonchev–Trinajstić information content (AvgIpc) is 2.93. The van der Waals surface area contributed by atoms with Crippen LogP contribution in [0.5, 0.6) is 5.75 Å². The number of carbonyl (C=O) groups excluding carboxylic acids is 1. The lowest BCUT2D eigenvalue weighted by molar-refractivity contribution is -0.137. The molecule has 3 aromatic rings. The maximum absolute atomic E-state index is 13.6. The molecule has 0 unspecified atom stereocenters. The summed E-state index contributed by atoms with van der Waals surface area (Å²) in [7, 11) is -4.14. The molecule has 1 fully saturated rings. The third-order valence-electron chi connectivity index (χ3n) is 6.52. The zero-order valence-corrected chi connectivity index (χ0v) is 23.3. The van der Waals surface area contributed by atoms with E-state index in [0.717, 1.165) is 17.7 Å². The summed E-state index contributed by atoms with van der Waals surface area (Å²) in [6.45, 7) is 3.17. The number of hydrogen-bond donors (Lipinski definition) is 1. The summed E-state index contributed by atoms with van der Waals surface area (Å²) in [5.74, 6) is -0.0770. The van der Waals surface area contributed by atoms with Gasteiger partial charge in [-0.1, -0.05) is 48.0 Å². The molecule has 1 amide bonds. The first kappa shape index (κ1) is 29.7. The second-order valence-electron chi connectivity index (χ2n) is 9.25. The Kier molecular flexibility index (Phi) is 9.27. The monoisotopic (exact) mass is 595 g/mol. The Morgan fingerprint density at radius 3 is 2.33 bits per heavy atom. The van der Waals surface area contributed by atoms with Crippen molar-refractivity contribution >= 4 is 33.2 Å².